The Morgan fingerprint density at radius 1 is 0.333 bits per heavy atom. The molecule has 0 aliphatic rings. The maximum absolute atomic E-state index is 12.5. The van der Waals surface area contributed by atoms with Crippen LogP contribution < -0.4 is 5.32 Å². The van der Waals surface area contributed by atoms with Gasteiger partial charge in [-0.05, 0) is 44.9 Å². The Hall–Kier alpha value is -1.39. The largest absolute Gasteiger partial charge is 0.394 e. The predicted octanol–water partition coefficient (Wildman–Crippen LogP) is 21.2. The quantitative estimate of drug-likeness (QED) is 0.0420. The van der Waals surface area contributed by atoms with Gasteiger partial charge in [-0.25, -0.2) is 0 Å². The Morgan fingerprint density at radius 2 is 0.565 bits per heavy atom. The lowest BCUT2D eigenvalue weighted by Gasteiger charge is -2.19. The van der Waals surface area contributed by atoms with Crippen molar-refractivity contribution in [1.82, 2.24) is 5.32 Å². The zero-order chi connectivity index (χ0) is 49.9. The van der Waals surface area contributed by atoms with Gasteiger partial charge in [-0.1, -0.05) is 339 Å². The minimum absolute atomic E-state index is 0.0710. The summed E-state index contributed by atoms with van der Waals surface area (Å²) < 4.78 is 0. The van der Waals surface area contributed by atoms with Crippen LogP contribution >= 0.6 is 0 Å². The second kappa shape index (κ2) is 60.9. The van der Waals surface area contributed by atoms with Crippen LogP contribution in [0.2, 0.25) is 0 Å². The van der Waals surface area contributed by atoms with E-state index < -0.39 is 12.1 Å². The van der Waals surface area contributed by atoms with Crippen LogP contribution in [0.15, 0.2) is 36.5 Å². The molecular formula is C65H125NO3. The standard InChI is InChI=1S/C65H125NO3/c1-3-5-7-9-11-13-15-17-19-21-23-25-26-27-28-29-30-31-32-33-34-35-36-37-38-39-40-41-43-45-47-49-51-53-55-57-59-61-65(69)66-63(62-67)64(68)60-58-56-54-52-50-48-46-44-42-24-22-20-18-16-14-12-10-8-6-4-2/h42,44,50,52,58,60,63-64,67-68H,3-41,43,45-49,51,53-57,59,61-62H2,1-2H3,(H,66,69)/b44-42+,52-50+,60-58+. The van der Waals surface area contributed by atoms with E-state index in [2.05, 4.69) is 43.5 Å². The summed E-state index contributed by atoms with van der Waals surface area (Å²) in [5, 5.41) is 23.2. The Kier molecular flexibility index (Phi) is 59.7. The van der Waals surface area contributed by atoms with Crippen molar-refractivity contribution in [2.75, 3.05) is 6.61 Å². The van der Waals surface area contributed by atoms with Gasteiger partial charge in [-0.15, -0.1) is 0 Å². The van der Waals surface area contributed by atoms with Crippen molar-refractivity contribution in [1.29, 1.82) is 0 Å². The Labute approximate surface area is 433 Å². The number of hydrogen-bond acceptors (Lipinski definition) is 3. The molecule has 0 rings (SSSR count). The fraction of sp³-hybridized carbons (Fsp3) is 0.892. The summed E-state index contributed by atoms with van der Waals surface area (Å²) >= 11 is 0. The summed E-state index contributed by atoms with van der Waals surface area (Å²) in [4.78, 5) is 12.5. The van der Waals surface area contributed by atoms with Gasteiger partial charge >= 0.3 is 0 Å². The minimum atomic E-state index is -0.869. The van der Waals surface area contributed by atoms with Gasteiger partial charge in [0.2, 0.25) is 5.91 Å². The lowest BCUT2D eigenvalue weighted by Crippen LogP contribution is -2.45. The van der Waals surface area contributed by atoms with Crippen LogP contribution in [0.1, 0.15) is 354 Å². The molecule has 0 spiro atoms. The molecule has 408 valence electrons. The van der Waals surface area contributed by atoms with Crippen molar-refractivity contribution in [3.8, 4) is 0 Å². The van der Waals surface area contributed by atoms with Gasteiger partial charge in [0.05, 0.1) is 18.8 Å². The first kappa shape index (κ1) is 67.6. The molecule has 0 saturated carbocycles. The number of allylic oxidation sites excluding steroid dienone is 5. The fourth-order valence-corrected chi connectivity index (χ4v) is 10.0. The van der Waals surface area contributed by atoms with E-state index in [-0.39, 0.29) is 12.5 Å². The topological polar surface area (TPSA) is 69.6 Å². The molecule has 0 aromatic carbocycles. The summed E-state index contributed by atoms with van der Waals surface area (Å²) in [6, 6.07) is -0.644. The number of hydrogen-bond donors (Lipinski definition) is 3. The molecule has 1 amide bonds. The van der Waals surface area contributed by atoms with Crippen LogP contribution in [0.25, 0.3) is 0 Å². The van der Waals surface area contributed by atoms with Crippen LogP contribution in [-0.2, 0) is 4.79 Å². The number of aliphatic hydroxyl groups excluding tert-OH is 2. The van der Waals surface area contributed by atoms with Gasteiger partial charge in [0.1, 0.15) is 0 Å². The summed E-state index contributed by atoms with van der Waals surface area (Å²) in [6.07, 6.45) is 83.6. The molecule has 2 unspecified atom stereocenters. The zero-order valence-electron chi connectivity index (χ0n) is 47.1. The van der Waals surface area contributed by atoms with E-state index in [9.17, 15) is 15.0 Å². The summed E-state index contributed by atoms with van der Waals surface area (Å²) in [6.45, 7) is 4.33. The Bertz CT molecular complexity index is 1050. The molecule has 0 heterocycles. The summed E-state index contributed by atoms with van der Waals surface area (Å²) in [5.74, 6) is -0.0710. The number of amides is 1. The SMILES string of the molecule is CCCCCCCCCCCC/C=C/CC/C=C/CC/C=C/C(O)C(CO)NC(=O)CCCCCCCCCCCCCCCCCCCCCCCCCCCCCCCCCCCCCCC. The normalized spacial score (nSPS) is 12.9. The lowest BCUT2D eigenvalue weighted by atomic mass is 10.0. The Balaban J connectivity index is 3.42. The molecule has 0 saturated heterocycles. The van der Waals surface area contributed by atoms with Gasteiger partial charge < -0.3 is 15.5 Å². The van der Waals surface area contributed by atoms with Crippen molar-refractivity contribution < 1.29 is 15.0 Å². The number of rotatable bonds is 59. The van der Waals surface area contributed by atoms with Gasteiger partial charge in [0.25, 0.3) is 0 Å². The number of unbranched alkanes of at least 4 members (excludes halogenated alkanes) is 48. The van der Waals surface area contributed by atoms with E-state index in [0.29, 0.717) is 6.42 Å². The van der Waals surface area contributed by atoms with Gasteiger partial charge in [0, 0.05) is 6.42 Å². The van der Waals surface area contributed by atoms with Crippen molar-refractivity contribution in [2.24, 2.45) is 0 Å². The van der Waals surface area contributed by atoms with Crippen molar-refractivity contribution in [2.45, 2.75) is 366 Å². The molecule has 0 aliphatic heterocycles. The smallest absolute Gasteiger partial charge is 0.220 e. The average Bonchev–Trinajstić information content (AvgIpc) is 3.35. The van der Waals surface area contributed by atoms with E-state index in [1.165, 1.54) is 295 Å². The summed E-state index contributed by atoms with van der Waals surface area (Å²) in [5.41, 5.74) is 0. The number of carbonyl (C=O) groups is 1. The highest BCUT2D eigenvalue weighted by Crippen LogP contribution is 2.18. The third-order valence-electron chi connectivity index (χ3n) is 14.9. The van der Waals surface area contributed by atoms with E-state index in [0.717, 1.165) is 38.5 Å². The predicted molar refractivity (Wildman–Crippen MR) is 308 cm³/mol. The molecule has 0 aromatic heterocycles. The summed E-state index contributed by atoms with van der Waals surface area (Å²) in [7, 11) is 0. The van der Waals surface area contributed by atoms with Gasteiger partial charge in [-0.3, -0.25) is 4.79 Å². The maximum Gasteiger partial charge on any atom is 0.220 e. The lowest BCUT2D eigenvalue weighted by molar-refractivity contribution is -0.123. The maximum atomic E-state index is 12.5. The van der Waals surface area contributed by atoms with Crippen LogP contribution in [0.3, 0.4) is 0 Å². The van der Waals surface area contributed by atoms with Crippen LogP contribution in [0, 0.1) is 0 Å². The molecule has 3 N–H and O–H groups in total. The highest BCUT2D eigenvalue weighted by molar-refractivity contribution is 5.76. The zero-order valence-corrected chi connectivity index (χ0v) is 47.1. The van der Waals surface area contributed by atoms with E-state index >= 15 is 0 Å². The highest BCUT2D eigenvalue weighted by Gasteiger charge is 2.18. The van der Waals surface area contributed by atoms with Crippen LogP contribution in [0.4, 0.5) is 0 Å². The molecule has 0 radical (unpaired) electrons. The molecule has 4 nitrogen and oxygen atoms in total. The number of nitrogens with one attached hydrogen (secondary N) is 1. The molecule has 2 atom stereocenters. The molecule has 0 fully saturated rings. The highest BCUT2D eigenvalue weighted by atomic mass is 16.3. The van der Waals surface area contributed by atoms with Crippen molar-refractivity contribution in [3.05, 3.63) is 36.5 Å². The van der Waals surface area contributed by atoms with E-state index in [1.807, 2.05) is 6.08 Å². The first-order chi connectivity index (χ1) is 34.2. The fourth-order valence-electron chi connectivity index (χ4n) is 10.0. The number of aliphatic hydroxyl groups is 2. The second-order valence-corrected chi connectivity index (χ2v) is 21.8. The third kappa shape index (κ3) is 57.4. The van der Waals surface area contributed by atoms with Gasteiger partial charge in [-0.2, -0.15) is 0 Å². The van der Waals surface area contributed by atoms with Gasteiger partial charge in [0.15, 0.2) is 0 Å². The molecule has 0 aromatic rings. The third-order valence-corrected chi connectivity index (χ3v) is 14.9. The van der Waals surface area contributed by atoms with E-state index in [4.69, 9.17) is 0 Å². The minimum Gasteiger partial charge on any atom is -0.394 e. The molecule has 0 aliphatic carbocycles. The average molecular weight is 969 g/mol. The van der Waals surface area contributed by atoms with Crippen molar-refractivity contribution in [3.63, 3.8) is 0 Å². The monoisotopic (exact) mass is 968 g/mol. The second-order valence-electron chi connectivity index (χ2n) is 21.8. The molecular weight excluding hydrogens is 843 g/mol. The number of carbonyl (C=O) groups excluding carboxylic acids is 1. The molecule has 69 heavy (non-hydrogen) atoms. The first-order valence-electron chi connectivity index (χ1n) is 31.7. The van der Waals surface area contributed by atoms with Crippen LogP contribution in [-0.4, -0.2) is 34.9 Å². The van der Waals surface area contributed by atoms with Crippen molar-refractivity contribution >= 4 is 5.91 Å². The Morgan fingerprint density at radius 3 is 0.841 bits per heavy atom. The van der Waals surface area contributed by atoms with E-state index in [1.54, 1.807) is 6.08 Å². The van der Waals surface area contributed by atoms with Crippen LogP contribution in [0.5, 0.6) is 0 Å². The first-order valence-corrected chi connectivity index (χ1v) is 31.7. The molecule has 4 heteroatoms. The molecule has 0 bridgehead atoms.